The lowest BCUT2D eigenvalue weighted by Gasteiger charge is -2.29. The van der Waals surface area contributed by atoms with Crippen LogP contribution in [-0.4, -0.2) is 45.3 Å². The molecular weight excluding hydrogens is 326 g/mol. The van der Waals surface area contributed by atoms with Gasteiger partial charge in [0.25, 0.3) is 0 Å². The summed E-state index contributed by atoms with van der Waals surface area (Å²) in [6, 6.07) is 5.53. The molecule has 1 amide bonds. The minimum absolute atomic E-state index is 0.0278. The fourth-order valence-electron chi connectivity index (χ4n) is 2.07. The summed E-state index contributed by atoms with van der Waals surface area (Å²) in [5, 5.41) is 2.86. The normalized spacial score (nSPS) is 13.2. The van der Waals surface area contributed by atoms with Gasteiger partial charge in [0, 0.05) is 20.1 Å². The molecule has 0 radical (unpaired) electrons. The Bertz CT molecular complexity index is 684. The summed E-state index contributed by atoms with van der Waals surface area (Å²) in [5.74, 6) is -0.0453. The third-order valence-electron chi connectivity index (χ3n) is 4.05. The second-order valence-corrected chi connectivity index (χ2v) is 8.75. The highest BCUT2D eigenvalue weighted by Gasteiger charge is 2.29. The Labute approximate surface area is 146 Å². The molecule has 136 valence electrons. The molecule has 0 aliphatic heterocycles. The molecule has 1 N–H and O–H groups in total. The standard InChI is InChI=1S/C17H29N3O3S/c1-12(2)15(5)18-17(21)11-20(24(22,23)19(6)7)16-10-13(3)8-9-14(16)4/h8-10,12,15H,11H2,1-7H3,(H,18,21)/t15-/m0/s1. The number of carbonyl (C=O) groups excluding carboxylic acids is 1. The monoisotopic (exact) mass is 355 g/mol. The highest BCUT2D eigenvalue weighted by Crippen LogP contribution is 2.25. The number of nitrogens with one attached hydrogen (secondary N) is 1. The molecule has 0 unspecified atom stereocenters. The number of hydrogen-bond acceptors (Lipinski definition) is 3. The van der Waals surface area contributed by atoms with Crippen molar-refractivity contribution in [3.63, 3.8) is 0 Å². The number of carbonyl (C=O) groups is 1. The van der Waals surface area contributed by atoms with E-state index < -0.39 is 10.2 Å². The topological polar surface area (TPSA) is 69.7 Å². The Morgan fingerprint density at radius 2 is 1.75 bits per heavy atom. The van der Waals surface area contributed by atoms with Crippen LogP contribution in [0.15, 0.2) is 18.2 Å². The van der Waals surface area contributed by atoms with Gasteiger partial charge in [0.2, 0.25) is 5.91 Å². The van der Waals surface area contributed by atoms with E-state index in [2.05, 4.69) is 5.32 Å². The first-order valence-electron chi connectivity index (χ1n) is 8.03. The van der Waals surface area contributed by atoms with Crippen molar-refractivity contribution in [3.8, 4) is 0 Å². The molecule has 0 spiro atoms. The number of aryl methyl sites for hydroxylation is 2. The molecule has 0 saturated heterocycles. The summed E-state index contributed by atoms with van der Waals surface area (Å²) >= 11 is 0. The molecule has 24 heavy (non-hydrogen) atoms. The number of nitrogens with zero attached hydrogens (tertiary/aromatic N) is 2. The zero-order valence-electron chi connectivity index (χ0n) is 15.6. The molecule has 0 bridgehead atoms. The van der Waals surface area contributed by atoms with E-state index in [9.17, 15) is 13.2 Å². The molecule has 1 atom stereocenters. The van der Waals surface area contributed by atoms with Crippen LogP contribution in [-0.2, 0) is 15.0 Å². The van der Waals surface area contributed by atoms with Crippen LogP contribution >= 0.6 is 0 Å². The summed E-state index contributed by atoms with van der Waals surface area (Å²) in [4.78, 5) is 12.4. The number of hydrogen-bond donors (Lipinski definition) is 1. The average molecular weight is 356 g/mol. The lowest BCUT2D eigenvalue weighted by Crippen LogP contribution is -2.48. The predicted octanol–water partition coefficient (Wildman–Crippen LogP) is 2.08. The largest absolute Gasteiger partial charge is 0.352 e. The molecule has 0 saturated carbocycles. The second kappa shape index (κ2) is 7.98. The van der Waals surface area contributed by atoms with Crippen molar-refractivity contribution in [1.29, 1.82) is 0 Å². The van der Waals surface area contributed by atoms with Crippen LogP contribution in [0.5, 0.6) is 0 Å². The van der Waals surface area contributed by atoms with Gasteiger partial charge in [0.05, 0.1) is 5.69 Å². The molecule has 1 aromatic carbocycles. The van der Waals surface area contributed by atoms with Gasteiger partial charge in [-0.1, -0.05) is 26.0 Å². The minimum atomic E-state index is -3.78. The van der Waals surface area contributed by atoms with Crippen LogP contribution < -0.4 is 9.62 Å². The van der Waals surface area contributed by atoms with Gasteiger partial charge in [0.15, 0.2) is 0 Å². The Morgan fingerprint density at radius 1 is 1.17 bits per heavy atom. The van der Waals surface area contributed by atoms with E-state index in [1.807, 2.05) is 46.8 Å². The average Bonchev–Trinajstić information content (AvgIpc) is 2.47. The Morgan fingerprint density at radius 3 is 2.25 bits per heavy atom. The molecule has 0 fully saturated rings. The van der Waals surface area contributed by atoms with Crippen LogP contribution in [0.4, 0.5) is 5.69 Å². The summed E-state index contributed by atoms with van der Waals surface area (Å²) in [7, 11) is -0.856. The van der Waals surface area contributed by atoms with Crippen LogP contribution in [0.1, 0.15) is 31.9 Å². The maximum Gasteiger partial charge on any atom is 0.304 e. The molecule has 0 aliphatic carbocycles. The molecule has 6 nitrogen and oxygen atoms in total. The van der Waals surface area contributed by atoms with Crippen LogP contribution in [0.25, 0.3) is 0 Å². The molecular formula is C17H29N3O3S. The SMILES string of the molecule is Cc1ccc(C)c(N(CC(=O)N[C@@H](C)C(C)C)S(=O)(=O)N(C)C)c1. The van der Waals surface area contributed by atoms with Crippen LogP contribution in [0.2, 0.25) is 0 Å². The Balaban J connectivity index is 3.22. The van der Waals surface area contributed by atoms with Gasteiger partial charge in [-0.25, -0.2) is 4.31 Å². The lowest BCUT2D eigenvalue weighted by atomic mass is 10.1. The van der Waals surface area contributed by atoms with Crippen molar-refractivity contribution in [2.75, 3.05) is 24.9 Å². The van der Waals surface area contributed by atoms with Crippen molar-refractivity contribution >= 4 is 21.8 Å². The van der Waals surface area contributed by atoms with Gasteiger partial charge < -0.3 is 5.32 Å². The Kier molecular flexibility index (Phi) is 6.80. The quantitative estimate of drug-likeness (QED) is 0.814. The number of amides is 1. The van der Waals surface area contributed by atoms with Gasteiger partial charge in [-0.15, -0.1) is 0 Å². The fraction of sp³-hybridized carbons (Fsp3) is 0.588. The predicted molar refractivity (Wildman–Crippen MR) is 98.3 cm³/mol. The van der Waals surface area contributed by atoms with Gasteiger partial charge in [-0.3, -0.25) is 4.79 Å². The number of benzene rings is 1. The molecule has 0 aliphatic rings. The van der Waals surface area contributed by atoms with Gasteiger partial charge in [-0.05, 0) is 43.9 Å². The summed E-state index contributed by atoms with van der Waals surface area (Å²) in [6.07, 6.45) is 0. The second-order valence-electron chi connectivity index (χ2n) is 6.69. The summed E-state index contributed by atoms with van der Waals surface area (Å²) in [5.41, 5.74) is 2.26. The fourth-order valence-corrected chi connectivity index (χ4v) is 3.19. The van der Waals surface area contributed by atoms with E-state index >= 15 is 0 Å². The summed E-state index contributed by atoms with van der Waals surface area (Å²) in [6.45, 7) is 9.40. The molecule has 1 rings (SSSR count). The Hall–Kier alpha value is -1.60. The number of anilines is 1. The zero-order valence-corrected chi connectivity index (χ0v) is 16.4. The smallest absolute Gasteiger partial charge is 0.304 e. The maximum absolute atomic E-state index is 12.7. The van der Waals surface area contributed by atoms with Crippen molar-refractivity contribution in [2.24, 2.45) is 5.92 Å². The van der Waals surface area contributed by atoms with E-state index in [-0.39, 0.29) is 24.4 Å². The van der Waals surface area contributed by atoms with Gasteiger partial charge >= 0.3 is 10.2 Å². The van der Waals surface area contributed by atoms with E-state index in [0.717, 1.165) is 19.7 Å². The zero-order chi connectivity index (χ0) is 18.7. The first-order chi connectivity index (χ1) is 11.0. The van der Waals surface area contributed by atoms with Crippen LogP contribution in [0, 0.1) is 19.8 Å². The van der Waals surface area contributed by atoms with Crippen LogP contribution in [0.3, 0.4) is 0 Å². The van der Waals surface area contributed by atoms with Crippen molar-refractivity contribution in [3.05, 3.63) is 29.3 Å². The number of rotatable bonds is 7. The molecule has 7 heteroatoms. The van der Waals surface area contributed by atoms with Crippen molar-refractivity contribution in [1.82, 2.24) is 9.62 Å². The van der Waals surface area contributed by atoms with E-state index in [1.54, 1.807) is 6.07 Å². The van der Waals surface area contributed by atoms with Gasteiger partial charge in [-0.2, -0.15) is 12.7 Å². The summed E-state index contributed by atoms with van der Waals surface area (Å²) < 4.78 is 27.7. The van der Waals surface area contributed by atoms with E-state index in [1.165, 1.54) is 14.1 Å². The molecule has 0 aromatic heterocycles. The molecule has 1 aromatic rings. The minimum Gasteiger partial charge on any atom is -0.352 e. The first-order valence-corrected chi connectivity index (χ1v) is 9.43. The highest BCUT2D eigenvalue weighted by atomic mass is 32.2. The van der Waals surface area contributed by atoms with Crippen molar-refractivity contribution < 1.29 is 13.2 Å². The maximum atomic E-state index is 12.7. The third kappa shape index (κ3) is 4.95. The van der Waals surface area contributed by atoms with Crippen molar-refractivity contribution in [2.45, 2.75) is 40.7 Å². The highest BCUT2D eigenvalue weighted by molar-refractivity contribution is 7.90. The third-order valence-corrected chi connectivity index (χ3v) is 5.85. The molecule has 0 heterocycles. The van der Waals surface area contributed by atoms with Gasteiger partial charge in [0.1, 0.15) is 6.54 Å². The van der Waals surface area contributed by atoms with E-state index in [4.69, 9.17) is 0 Å². The first kappa shape index (κ1) is 20.4. The lowest BCUT2D eigenvalue weighted by molar-refractivity contribution is -0.120. The van der Waals surface area contributed by atoms with E-state index in [0.29, 0.717) is 5.69 Å².